The minimum Gasteiger partial charge on any atom is -0.482 e. The van der Waals surface area contributed by atoms with Gasteiger partial charge in [-0.15, -0.1) is 0 Å². The SMILES string of the molecule is CC(C)(C)OC(=O)COc1ccccc1CONC(=O)[C@@H]1c2ccccc2C(=O)N([C@H]2CCCC[C@@H]2NS(C)(=O)=O)[C@H]1c1ccc(Cl)cc1. The number of amides is 2. The zero-order valence-corrected chi connectivity index (χ0v) is 29.6. The quantitative estimate of drug-likeness (QED) is 0.198. The minimum atomic E-state index is -3.59. The largest absolute Gasteiger partial charge is 0.482 e. The molecule has 0 saturated heterocycles. The number of hydrogen-bond acceptors (Lipinski definition) is 8. The van der Waals surface area contributed by atoms with E-state index in [1.807, 2.05) is 0 Å². The van der Waals surface area contributed by atoms with Gasteiger partial charge in [-0.25, -0.2) is 23.4 Å². The van der Waals surface area contributed by atoms with Crippen molar-refractivity contribution < 1.29 is 37.1 Å². The minimum absolute atomic E-state index is 0.0815. The van der Waals surface area contributed by atoms with E-state index in [9.17, 15) is 22.8 Å². The summed E-state index contributed by atoms with van der Waals surface area (Å²) < 4.78 is 38.6. The van der Waals surface area contributed by atoms with Gasteiger partial charge in [0.2, 0.25) is 10.0 Å². The van der Waals surface area contributed by atoms with Gasteiger partial charge in [0.15, 0.2) is 6.61 Å². The number of benzene rings is 3. The number of para-hydroxylation sites is 1. The molecule has 0 unspecified atom stereocenters. The van der Waals surface area contributed by atoms with Crippen LogP contribution in [-0.4, -0.2) is 61.6 Å². The summed E-state index contributed by atoms with van der Waals surface area (Å²) in [5.41, 5.74) is 4.07. The number of carbonyl (C=O) groups excluding carboxylic acids is 3. The Morgan fingerprint density at radius 1 is 0.959 bits per heavy atom. The molecule has 1 aliphatic carbocycles. The maximum Gasteiger partial charge on any atom is 0.344 e. The number of ether oxygens (including phenoxy) is 2. The molecule has 1 aliphatic heterocycles. The first-order valence-corrected chi connectivity index (χ1v) is 18.5. The molecule has 1 fully saturated rings. The highest BCUT2D eigenvalue weighted by atomic mass is 35.5. The van der Waals surface area contributed by atoms with E-state index in [2.05, 4.69) is 10.2 Å². The third kappa shape index (κ3) is 9.18. The lowest BCUT2D eigenvalue weighted by Gasteiger charge is -2.49. The Morgan fingerprint density at radius 3 is 2.35 bits per heavy atom. The number of esters is 1. The molecule has 0 radical (unpaired) electrons. The normalized spacial score (nSPS) is 21.1. The van der Waals surface area contributed by atoms with Crippen LogP contribution in [0.1, 0.15) is 85.5 Å². The molecule has 0 bridgehead atoms. The first-order valence-electron chi connectivity index (χ1n) is 16.2. The van der Waals surface area contributed by atoms with Crippen LogP contribution < -0.4 is 14.9 Å². The van der Waals surface area contributed by atoms with Crippen LogP contribution in [0.3, 0.4) is 0 Å². The fourth-order valence-electron chi connectivity index (χ4n) is 6.59. The molecule has 2 amide bonds. The molecule has 3 aromatic rings. The smallest absolute Gasteiger partial charge is 0.344 e. The Morgan fingerprint density at radius 2 is 1.63 bits per heavy atom. The molecule has 4 atom stereocenters. The van der Waals surface area contributed by atoms with Crippen molar-refractivity contribution in [3.05, 3.63) is 100 Å². The number of sulfonamides is 1. The van der Waals surface area contributed by atoms with Crippen molar-refractivity contribution in [3.63, 3.8) is 0 Å². The van der Waals surface area contributed by atoms with Crippen molar-refractivity contribution in [3.8, 4) is 5.75 Å². The number of rotatable bonds is 11. The van der Waals surface area contributed by atoms with E-state index in [1.54, 1.807) is 98.5 Å². The standard InChI is InChI=1S/C36H42ClN3O8S/c1-36(2,3)48-31(41)22-46-30-16-10-5-11-24(30)21-47-38-34(42)32-26-12-6-7-13-27(26)35(43)40(33(32)23-17-19-25(37)20-18-23)29-15-9-8-14-28(29)39-49(4,44)45/h5-7,10-13,16-20,28-29,32-33,39H,8-9,14-15,21-22H2,1-4H3,(H,38,42)/t28-,29-,32+,33-/m0/s1. The van der Waals surface area contributed by atoms with Crippen molar-refractivity contribution in [2.24, 2.45) is 0 Å². The lowest BCUT2D eigenvalue weighted by Crippen LogP contribution is -2.59. The summed E-state index contributed by atoms with van der Waals surface area (Å²) in [6.07, 6.45) is 3.80. The molecule has 0 aromatic heterocycles. The number of carbonyl (C=O) groups is 3. The van der Waals surface area contributed by atoms with Crippen LogP contribution in [0.5, 0.6) is 5.75 Å². The maximum atomic E-state index is 14.4. The fraction of sp³-hybridized carbons (Fsp3) is 0.417. The summed E-state index contributed by atoms with van der Waals surface area (Å²) in [4.78, 5) is 48.3. The fourth-order valence-corrected chi connectivity index (χ4v) is 7.54. The summed E-state index contributed by atoms with van der Waals surface area (Å²) in [5.74, 6) is -1.84. The van der Waals surface area contributed by atoms with Gasteiger partial charge in [0, 0.05) is 28.2 Å². The highest BCUT2D eigenvalue weighted by Gasteiger charge is 2.49. The Bertz CT molecular complexity index is 1780. The number of nitrogens with one attached hydrogen (secondary N) is 2. The molecule has 262 valence electrons. The third-order valence-corrected chi connectivity index (χ3v) is 9.44. The first-order chi connectivity index (χ1) is 23.2. The van der Waals surface area contributed by atoms with Crippen molar-refractivity contribution in [1.82, 2.24) is 15.1 Å². The van der Waals surface area contributed by atoms with Crippen molar-refractivity contribution in [2.45, 2.75) is 82.7 Å². The number of nitrogens with zero attached hydrogens (tertiary/aromatic N) is 1. The average molecular weight is 712 g/mol. The van der Waals surface area contributed by atoms with Gasteiger partial charge in [0.1, 0.15) is 18.0 Å². The first kappa shape index (κ1) is 36.3. The van der Waals surface area contributed by atoms with Crippen molar-refractivity contribution in [2.75, 3.05) is 12.9 Å². The van der Waals surface area contributed by atoms with Crippen LogP contribution >= 0.6 is 11.6 Å². The lowest BCUT2D eigenvalue weighted by molar-refractivity contribution is -0.157. The second-order valence-electron chi connectivity index (χ2n) is 13.4. The second kappa shape index (κ2) is 15.3. The number of fused-ring (bicyclic) bond motifs is 1. The summed E-state index contributed by atoms with van der Waals surface area (Å²) in [5, 5.41) is 0.490. The van der Waals surface area contributed by atoms with E-state index < -0.39 is 51.5 Å². The van der Waals surface area contributed by atoms with Crippen LogP contribution in [0.15, 0.2) is 72.8 Å². The van der Waals surface area contributed by atoms with Gasteiger partial charge in [-0.2, -0.15) is 0 Å². The monoisotopic (exact) mass is 711 g/mol. The predicted molar refractivity (Wildman–Crippen MR) is 184 cm³/mol. The summed E-state index contributed by atoms with van der Waals surface area (Å²) in [7, 11) is -3.59. The molecule has 2 N–H and O–H groups in total. The van der Waals surface area contributed by atoms with Gasteiger partial charge < -0.3 is 14.4 Å². The van der Waals surface area contributed by atoms with E-state index >= 15 is 0 Å². The van der Waals surface area contributed by atoms with Gasteiger partial charge in [-0.05, 0) is 69.0 Å². The lowest BCUT2D eigenvalue weighted by atomic mass is 9.76. The van der Waals surface area contributed by atoms with Gasteiger partial charge in [-0.3, -0.25) is 14.4 Å². The summed E-state index contributed by atoms with van der Waals surface area (Å²) >= 11 is 6.26. The van der Waals surface area contributed by atoms with Crippen molar-refractivity contribution in [1.29, 1.82) is 0 Å². The highest BCUT2D eigenvalue weighted by Crippen LogP contribution is 2.46. The van der Waals surface area contributed by atoms with E-state index in [4.69, 9.17) is 25.9 Å². The van der Waals surface area contributed by atoms with E-state index in [0.29, 0.717) is 45.9 Å². The van der Waals surface area contributed by atoms with Crippen LogP contribution in [0.25, 0.3) is 0 Å². The van der Waals surface area contributed by atoms with Gasteiger partial charge in [-0.1, -0.05) is 73.0 Å². The predicted octanol–water partition coefficient (Wildman–Crippen LogP) is 5.45. The maximum absolute atomic E-state index is 14.4. The molecule has 2 aliphatic rings. The number of halogens is 1. The molecule has 1 heterocycles. The second-order valence-corrected chi connectivity index (χ2v) is 15.6. The number of hydroxylamine groups is 1. The number of hydrogen-bond donors (Lipinski definition) is 2. The highest BCUT2D eigenvalue weighted by molar-refractivity contribution is 7.88. The summed E-state index contributed by atoms with van der Waals surface area (Å²) in [6.45, 7) is 4.93. The third-order valence-electron chi connectivity index (χ3n) is 8.46. The molecule has 5 rings (SSSR count). The van der Waals surface area contributed by atoms with E-state index in [1.165, 1.54) is 0 Å². The molecule has 13 heteroatoms. The van der Waals surface area contributed by atoms with Gasteiger partial charge in [0.05, 0.1) is 18.2 Å². The zero-order chi connectivity index (χ0) is 35.3. The molecule has 11 nitrogen and oxygen atoms in total. The topological polar surface area (TPSA) is 140 Å². The van der Waals surface area contributed by atoms with Crippen LogP contribution in [0.2, 0.25) is 5.02 Å². The van der Waals surface area contributed by atoms with Gasteiger partial charge >= 0.3 is 5.97 Å². The van der Waals surface area contributed by atoms with E-state index in [0.717, 1.165) is 19.1 Å². The molecular formula is C36H42ClN3O8S. The molecule has 0 spiro atoms. The van der Waals surface area contributed by atoms with Gasteiger partial charge in [0.25, 0.3) is 11.8 Å². The molecule has 49 heavy (non-hydrogen) atoms. The summed E-state index contributed by atoms with van der Waals surface area (Å²) in [6, 6.07) is 19.0. The Labute approximate surface area is 292 Å². The van der Waals surface area contributed by atoms with E-state index in [-0.39, 0.29) is 19.1 Å². The van der Waals surface area contributed by atoms with Crippen molar-refractivity contribution >= 4 is 39.4 Å². The molecule has 3 aromatic carbocycles. The van der Waals surface area contributed by atoms with Crippen LogP contribution in [0.4, 0.5) is 0 Å². The molecule has 1 saturated carbocycles. The average Bonchev–Trinajstić information content (AvgIpc) is 3.03. The Balaban J connectivity index is 1.44. The Kier molecular flexibility index (Phi) is 11.3. The van der Waals surface area contributed by atoms with Crippen LogP contribution in [0, 0.1) is 0 Å². The zero-order valence-electron chi connectivity index (χ0n) is 28.0. The van der Waals surface area contributed by atoms with Crippen LogP contribution in [-0.2, 0) is 35.8 Å². The molecular weight excluding hydrogens is 670 g/mol. The Hall–Kier alpha value is -3.97.